The summed E-state index contributed by atoms with van der Waals surface area (Å²) in [4.78, 5) is 15.3. The number of carbonyl (C=O) groups excluding carboxylic acids is 1. The van der Waals surface area contributed by atoms with Crippen molar-refractivity contribution in [2.24, 2.45) is 5.73 Å². The summed E-state index contributed by atoms with van der Waals surface area (Å²) >= 11 is 1.66. The van der Waals surface area contributed by atoms with Crippen molar-refractivity contribution < 1.29 is 4.79 Å². The van der Waals surface area contributed by atoms with Crippen LogP contribution in [0, 0.1) is 0 Å². The maximum Gasteiger partial charge on any atom is 0.239 e. The summed E-state index contributed by atoms with van der Waals surface area (Å²) in [5, 5.41) is 2.03. The van der Waals surface area contributed by atoms with Crippen LogP contribution in [0.5, 0.6) is 0 Å². The van der Waals surface area contributed by atoms with Crippen molar-refractivity contribution in [3.8, 4) is 0 Å². The fraction of sp³-hybridized carbons (Fsp3) is 0.353. The summed E-state index contributed by atoms with van der Waals surface area (Å²) in [6.07, 6.45) is 1.50. The van der Waals surface area contributed by atoms with Crippen molar-refractivity contribution in [2.75, 3.05) is 7.05 Å². The minimum Gasteiger partial charge on any atom is -0.337 e. The minimum atomic E-state index is -0.447. The molecule has 3 nitrogen and oxygen atoms in total. The van der Waals surface area contributed by atoms with Crippen LogP contribution in [0.2, 0.25) is 0 Å². The topological polar surface area (TPSA) is 46.3 Å². The second-order valence-electron chi connectivity index (χ2n) is 5.27. The van der Waals surface area contributed by atoms with Gasteiger partial charge in [-0.2, -0.15) is 0 Å². The molecule has 0 saturated carbocycles. The third-order valence-electron chi connectivity index (χ3n) is 3.79. The van der Waals surface area contributed by atoms with Gasteiger partial charge in [-0.25, -0.2) is 0 Å². The van der Waals surface area contributed by atoms with E-state index in [2.05, 4.69) is 18.2 Å². The van der Waals surface area contributed by atoms with Crippen molar-refractivity contribution >= 4 is 17.2 Å². The lowest BCUT2D eigenvalue weighted by Crippen LogP contribution is -2.42. The highest BCUT2D eigenvalue weighted by Gasteiger charge is 2.23. The van der Waals surface area contributed by atoms with Crippen LogP contribution in [0.1, 0.15) is 29.8 Å². The van der Waals surface area contributed by atoms with Gasteiger partial charge in [-0.05, 0) is 36.8 Å². The van der Waals surface area contributed by atoms with E-state index in [1.807, 2.05) is 43.6 Å². The molecule has 1 aromatic carbocycles. The number of benzene rings is 1. The Balaban J connectivity index is 1.89. The Bertz CT molecular complexity index is 553. The molecule has 1 aromatic heterocycles. The highest BCUT2D eigenvalue weighted by molar-refractivity contribution is 7.10. The second kappa shape index (κ2) is 7.38. The van der Waals surface area contributed by atoms with Gasteiger partial charge in [0.15, 0.2) is 0 Å². The SMILES string of the molecule is CC(c1cccs1)N(C)C(=O)[C@@H](N)CCc1ccccc1. The van der Waals surface area contributed by atoms with Gasteiger partial charge in [0.25, 0.3) is 0 Å². The first-order valence-electron chi connectivity index (χ1n) is 7.19. The van der Waals surface area contributed by atoms with E-state index in [-0.39, 0.29) is 11.9 Å². The first-order chi connectivity index (χ1) is 10.1. The number of aryl methyl sites for hydroxylation is 1. The van der Waals surface area contributed by atoms with Crippen molar-refractivity contribution in [3.63, 3.8) is 0 Å². The van der Waals surface area contributed by atoms with E-state index in [0.29, 0.717) is 6.42 Å². The second-order valence-corrected chi connectivity index (χ2v) is 6.25. The number of rotatable bonds is 6. The lowest BCUT2D eigenvalue weighted by atomic mass is 10.0. The molecule has 2 rings (SSSR count). The molecule has 0 saturated heterocycles. The Kier molecular flexibility index (Phi) is 5.53. The van der Waals surface area contributed by atoms with Crippen LogP contribution in [-0.4, -0.2) is 23.9 Å². The summed E-state index contributed by atoms with van der Waals surface area (Å²) in [6, 6.07) is 13.8. The van der Waals surface area contributed by atoms with Crippen LogP contribution in [-0.2, 0) is 11.2 Å². The molecule has 0 aliphatic heterocycles. The van der Waals surface area contributed by atoms with E-state index in [1.165, 1.54) is 10.4 Å². The molecule has 0 aliphatic carbocycles. The van der Waals surface area contributed by atoms with Gasteiger partial charge in [-0.1, -0.05) is 36.4 Å². The molecule has 112 valence electrons. The van der Waals surface area contributed by atoms with Gasteiger partial charge in [0, 0.05) is 11.9 Å². The van der Waals surface area contributed by atoms with E-state index in [9.17, 15) is 4.79 Å². The zero-order valence-corrected chi connectivity index (χ0v) is 13.3. The van der Waals surface area contributed by atoms with Crippen molar-refractivity contribution in [1.82, 2.24) is 4.90 Å². The summed E-state index contributed by atoms with van der Waals surface area (Å²) in [5.74, 6) is 0.00633. The number of carbonyl (C=O) groups is 1. The molecule has 2 atom stereocenters. The van der Waals surface area contributed by atoms with Crippen LogP contribution in [0.4, 0.5) is 0 Å². The fourth-order valence-corrected chi connectivity index (χ4v) is 3.09. The third kappa shape index (κ3) is 4.16. The van der Waals surface area contributed by atoms with Gasteiger partial charge in [0.1, 0.15) is 0 Å². The van der Waals surface area contributed by atoms with Gasteiger partial charge in [0.2, 0.25) is 5.91 Å². The Labute approximate surface area is 130 Å². The van der Waals surface area contributed by atoms with Crippen molar-refractivity contribution in [1.29, 1.82) is 0 Å². The zero-order chi connectivity index (χ0) is 15.2. The van der Waals surface area contributed by atoms with E-state index >= 15 is 0 Å². The van der Waals surface area contributed by atoms with Gasteiger partial charge in [-0.3, -0.25) is 4.79 Å². The predicted molar refractivity (Wildman–Crippen MR) is 88.2 cm³/mol. The van der Waals surface area contributed by atoms with Gasteiger partial charge in [-0.15, -0.1) is 11.3 Å². The summed E-state index contributed by atoms with van der Waals surface area (Å²) in [7, 11) is 1.83. The molecule has 2 aromatic rings. The number of nitrogens with zero attached hydrogens (tertiary/aromatic N) is 1. The third-order valence-corrected chi connectivity index (χ3v) is 4.83. The fourth-order valence-electron chi connectivity index (χ4n) is 2.26. The van der Waals surface area contributed by atoms with Crippen LogP contribution in [0.15, 0.2) is 47.8 Å². The van der Waals surface area contributed by atoms with E-state index < -0.39 is 6.04 Å². The smallest absolute Gasteiger partial charge is 0.239 e. The number of hydrogen-bond donors (Lipinski definition) is 1. The number of amides is 1. The van der Waals surface area contributed by atoms with Crippen LogP contribution >= 0.6 is 11.3 Å². The van der Waals surface area contributed by atoms with Crippen LogP contribution in [0.25, 0.3) is 0 Å². The first-order valence-corrected chi connectivity index (χ1v) is 8.07. The predicted octanol–water partition coefficient (Wildman–Crippen LogP) is 3.23. The zero-order valence-electron chi connectivity index (χ0n) is 12.5. The average molecular weight is 302 g/mol. The Morgan fingerprint density at radius 3 is 2.57 bits per heavy atom. The Hall–Kier alpha value is -1.65. The number of nitrogens with two attached hydrogens (primary N) is 1. The molecule has 1 unspecified atom stereocenters. The molecule has 21 heavy (non-hydrogen) atoms. The Morgan fingerprint density at radius 2 is 1.95 bits per heavy atom. The van der Waals surface area contributed by atoms with E-state index in [1.54, 1.807) is 16.2 Å². The van der Waals surface area contributed by atoms with Crippen molar-refractivity contribution in [2.45, 2.75) is 31.8 Å². The molecule has 0 spiro atoms. The standard InChI is InChI=1S/C17H22N2OS/c1-13(16-9-6-12-21-16)19(2)17(20)15(18)11-10-14-7-4-3-5-8-14/h3-9,12-13,15H,10-11,18H2,1-2H3/t13?,15-/m0/s1. The number of likely N-dealkylation sites (N-methyl/N-ethyl adjacent to an activating group) is 1. The van der Waals surface area contributed by atoms with Crippen LogP contribution in [0.3, 0.4) is 0 Å². The Morgan fingerprint density at radius 1 is 1.24 bits per heavy atom. The number of hydrogen-bond acceptors (Lipinski definition) is 3. The quantitative estimate of drug-likeness (QED) is 0.890. The highest BCUT2D eigenvalue weighted by atomic mass is 32.1. The number of thiophene rings is 1. The summed E-state index contributed by atoms with van der Waals surface area (Å²) < 4.78 is 0. The molecule has 0 bridgehead atoms. The maximum absolute atomic E-state index is 12.4. The molecule has 0 aliphatic rings. The van der Waals surface area contributed by atoms with Gasteiger partial charge < -0.3 is 10.6 Å². The minimum absolute atomic E-state index is 0.00633. The molecular weight excluding hydrogens is 280 g/mol. The van der Waals surface area contributed by atoms with Gasteiger partial charge in [0.05, 0.1) is 12.1 Å². The normalized spacial score (nSPS) is 13.7. The largest absolute Gasteiger partial charge is 0.337 e. The monoisotopic (exact) mass is 302 g/mol. The molecule has 1 amide bonds. The molecule has 4 heteroatoms. The summed E-state index contributed by atoms with van der Waals surface area (Å²) in [6.45, 7) is 2.04. The lowest BCUT2D eigenvalue weighted by molar-refractivity contribution is -0.133. The molecule has 0 radical (unpaired) electrons. The molecule has 2 N–H and O–H groups in total. The van der Waals surface area contributed by atoms with E-state index in [0.717, 1.165) is 6.42 Å². The lowest BCUT2D eigenvalue weighted by Gasteiger charge is -2.27. The van der Waals surface area contributed by atoms with Crippen molar-refractivity contribution in [3.05, 3.63) is 58.3 Å². The molecular formula is C17H22N2OS. The van der Waals surface area contributed by atoms with Crippen LogP contribution < -0.4 is 5.73 Å². The van der Waals surface area contributed by atoms with Gasteiger partial charge >= 0.3 is 0 Å². The average Bonchev–Trinajstić information content (AvgIpc) is 3.05. The molecule has 0 fully saturated rings. The summed E-state index contributed by atoms with van der Waals surface area (Å²) in [5.41, 5.74) is 7.29. The highest BCUT2D eigenvalue weighted by Crippen LogP contribution is 2.24. The maximum atomic E-state index is 12.4. The molecule has 1 heterocycles. The first kappa shape index (κ1) is 15.7. The van der Waals surface area contributed by atoms with E-state index in [4.69, 9.17) is 5.73 Å².